The Hall–Kier alpha value is -0.560. The van der Waals surface area contributed by atoms with Gasteiger partial charge in [-0.15, -0.1) is 0 Å². The molecule has 0 rings (SSSR count). The Labute approximate surface area is 86.4 Å². The average molecular weight is 198 g/mol. The lowest BCUT2D eigenvalue weighted by Gasteiger charge is -2.20. The highest BCUT2D eigenvalue weighted by molar-refractivity contribution is 5.18. The van der Waals surface area contributed by atoms with E-state index in [-0.39, 0.29) is 13.2 Å². The standard InChI is InChI=1S/C11H18O3/c1-10(2,13-5)6-7-11(3,4)14-9-8-12/h5,12H,8-9H2,1-4H3. The van der Waals surface area contributed by atoms with Crippen LogP contribution in [0.15, 0.2) is 0 Å². The predicted octanol–water partition coefficient (Wildman–Crippen LogP) is 1.24. The second-order valence-electron chi connectivity index (χ2n) is 3.96. The molecule has 0 unspecified atom stereocenters. The molecule has 0 aromatic carbocycles. The SMILES string of the molecule is [CH]OC(C)(C)C#CC(C)(C)OCCO. The van der Waals surface area contributed by atoms with Crippen molar-refractivity contribution in [2.75, 3.05) is 13.2 Å². The van der Waals surface area contributed by atoms with Crippen molar-refractivity contribution < 1.29 is 14.6 Å². The summed E-state index contributed by atoms with van der Waals surface area (Å²) < 4.78 is 9.96. The average Bonchev–Trinajstić information content (AvgIpc) is 2.12. The van der Waals surface area contributed by atoms with E-state index in [0.717, 1.165) is 0 Å². The van der Waals surface area contributed by atoms with Gasteiger partial charge in [-0.1, -0.05) is 11.8 Å². The van der Waals surface area contributed by atoms with E-state index in [2.05, 4.69) is 16.6 Å². The predicted molar refractivity (Wildman–Crippen MR) is 54.4 cm³/mol. The zero-order valence-corrected chi connectivity index (χ0v) is 9.26. The van der Waals surface area contributed by atoms with E-state index in [4.69, 9.17) is 17.0 Å². The molecule has 0 amide bonds. The first-order valence-electron chi connectivity index (χ1n) is 4.50. The van der Waals surface area contributed by atoms with Gasteiger partial charge in [-0.25, -0.2) is 0 Å². The van der Waals surface area contributed by atoms with Gasteiger partial charge in [0.1, 0.15) is 18.3 Å². The Bertz CT molecular complexity index is 220. The van der Waals surface area contributed by atoms with Crippen LogP contribution in [0.5, 0.6) is 0 Å². The fraction of sp³-hybridized carbons (Fsp3) is 0.727. The zero-order chi connectivity index (χ0) is 11.2. The van der Waals surface area contributed by atoms with Crippen LogP contribution >= 0.6 is 0 Å². The van der Waals surface area contributed by atoms with Crippen molar-refractivity contribution in [3.63, 3.8) is 0 Å². The second-order valence-corrected chi connectivity index (χ2v) is 3.96. The van der Waals surface area contributed by atoms with Crippen LogP contribution in [0.3, 0.4) is 0 Å². The molecule has 1 N–H and O–H groups in total. The Kier molecular flexibility index (Phi) is 5.14. The molecule has 0 aromatic heterocycles. The summed E-state index contributed by atoms with van der Waals surface area (Å²) in [6, 6.07) is 0. The molecule has 0 aliphatic heterocycles. The lowest BCUT2D eigenvalue weighted by molar-refractivity contribution is 0.00535. The molecule has 3 heteroatoms. The number of aliphatic hydroxyl groups excluding tert-OH is 1. The number of rotatable bonds is 4. The van der Waals surface area contributed by atoms with Crippen molar-refractivity contribution in [2.24, 2.45) is 0 Å². The number of ether oxygens (including phenoxy) is 2. The van der Waals surface area contributed by atoms with E-state index in [1.165, 1.54) is 0 Å². The normalized spacial score (nSPS) is 12.1. The quantitative estimate of drug-likeness (QED) is 0.691. The fourth-order valence-electron chi connectivity index (χ4n) is 0.667. The molecular weight excluding hydrogens is 180 g/mol. The third-order valence-electron chi connectivity index (χ3n) is 1.51. The van der Waals surface area contributed by atoms with Gasteiger partial charge in [0.2, 0.25) is 0 Å². The minimum Gasteiger partial charge on any atom is -0.394 e. The second kappa shape index (κ2) is 5.35. The van der Waals surface area contributed by atoms with Crippen LogP contribution in [0.1, 0.15) is 27.7 Å². The number of aliphatic hydroxyl groups is 1. The van der Waals surface area contributed by atoms with Crippen molar-refractivity contribution in [3.8, 4) is 11.8 Å². The lowest BCUT2D eigenvalue weighted by atomic mass is 10.1. The van der Waals surface area contributed by atoms with Crippen LogP contribution < -0.4 is 0 Å². The van der Waals surface area contributed by atoms with E-state index in [1.807, 2.05) is 13.8 Å². The highest BCUT2D eigenvalue weighted by Gasteiger charge is 2.17. The Morgan fingerprint density at radius 1 is 1.14 bits per heavy atom. The van der Waals surface area contributed by atoms with Crippen LogP contribution in [-0.4, -0.2) is 29.5 Å². The molecule has 80 valence electrons. The lowest BCUT2D eigenvalue weighted by Crippen LogP contribution is -2.26. The molecule has 0 aromatic rings. The van der Waals surface area contributed by atoms with Gasteiger partial charge in [0.05, 0.1) is 13.2 Å². The van der Waals surface area contributed by atoms with Crippen LogP contribution in [0, 0.1) is 19.0 Å². The molecular formula is C11H18O3. The molecule has 14 heavy (non-hydrogen) atoms. The smallest absolute Gasteiger partial charge is 0.123 e. The Balaban J connectivity index is 4.32. The van der Waals surface area contributed by atoms with Gasteiger partial charge in [-0.2, -0.15) is 0 Å². The highest BCUT2D eigenvalue weighted by atomic mass is 16.5. The summed E-state index contributed by atoms with van der Waals surface area (Å²) in [6.07, 6.45) is 0. The van der Waals surface area contributed by atoms with Gasteiger partial charge in [0, 0.05) is 0 Å². The van der Waals surface area contributed by atoms with Gasteiger partial charge in [-0.05, 0) is 27.7 Å². The third-order valence-corrected chi connectivity index (χ3v) is 1.51. The molecule has 3 nitrogen and oxygen atoms in total. The molecule has 0 saturated carbocycles. The Morgan fingerprint density at radius 3 is 2.07 bits per heavy atom. The first-order valence-corrected chi connectivity index (χ1v) is 4.50. The molecule has 0 heterocycles. The highest BCUT2D eigenvalue weighted by Crippen LogP contribution is 2.10. The summed E-state index contributed by atoms with van der Waals surface area (Å²) >= 11 is 0. The number of hydrogen-bond donors (Lipinski definition) is 1. The molecule has 0 spiro atoms. The topological polar surface area (TPSA) is 38.7 Å². The van der Waals surface area contributed by atoms with E-state index in [0.29, 0.717) is 0 Å². The minimum absolute atomic E-state index is 0.0120. The van der Waals surface area contributed by atoms with E-state index in [9.17, 15) is 0 Å². The van der Waals surface area contributed by atoms with Gasteiger partial charge in [-0.3, -0.25) is 0 Å². The zero-order valence-electron chi connectivity index (χ0n) is 9.26. The fourth-order valence-corrected chi connectivity index (χ4v) is 0.667. The van der Waals surface area contributed by atoms with Crippen LogP contribution in [0.2, 0.25) is 0 Å². The van der Waals surface area contributed by atoms with Gasteiger partial charge in [0.25, 0.3) is 0 Å². The van der Waals surface area contributed by atoms with Gasteiger partial charge >= 0.3 is 0 Å². The summed E-state index contributed by atoms with van der Waals surface area (Å²) in [4.78, 5) is 0. The molecule has 0 aliphatic carbocycles. The largest absolute Gasteiger partial charge is 0.394 e. The maximum atomic E-state index is 8.59. The molecule has 0 fully saturated rings. The monoisotopic (exact) mass is 198 g/mol. The molecule has 2 radical (unpaired) electrons. The van der Waals surface area contributed by atoms with Crippen LogP contribution in [-0.2, 0) is 9.47 Å². The van der Waals surface area contributed by atoms with Crippen molar-refractivity contribution in [2.45, 2.75) is 38.9 Å². The summed E-state index contributed by atoms with van der Waals surface area (Å²) in [5.74, 6) is 5.75. The molecule has 0 atom stereocenters. The van der Waals surface area contributed by atoms with Crippen molar-refractivity contribution in [3.05, 3.63) is 7.11 Å². The van der Waals surface area contributed by atoms with Crippen molar-refractivity contribution in [1.82, 2.24) is 0 Å². The van der Waals surface area contributed by atoms with Crippen molar-refractivity contribution >= 4 is 0 Å². The van der Waals surface area contributed by atoms with Crippen molar-refractivity contribution in [1.29, 1.82) is 0 Å². The van der Waals surface area contributed by atoms with E-state index >= 15 is 0 Å². The first kappa shape index (κ1) is 13.4. The van der Waals surface area contributed by atoms with Gasteiger partial charge in [0.15, 0.2) is 0 Å². The first-order chi connectivity index (χ1) is 6.33. The summed E-state index contributed by atoms with van der Waals surface area (Å²) in [5.41, 5.74) is -1.28. The van der Waals surface area contributed by atoms with Gasteiger partial charge < -0.3 is 14.6 Å². The summed E-state index contributed by atoms with van der Waals surface area (Å²) in [5, 5.41) is 8.59. The third kappa shape index (κ3) is 5.98. The van der Waals surface area contributed by atoms with E-state index < -0.39 is 11.2 Å². The molecule has 0 saturated heterocycles. The molecule has 0 bridgehead atoms. The van der Waals surface area contributed by atoms with Crippen LogP contribution in [0.25, 0.3) is 0 Å². The summed E-state index contributed by atoms with van der Waals surface area (Å²) in [6.45, 7) is 7.43. The van der Waals surface area contributed by atoms with E-state index in [1.54, 1.807) is 13.8 Å². The molecule has 0 aliphatic rings. The van der Waals surface area contributed by atoms with Crippen LogP contribution in [0.4, 0.5) is 0 Å². The Morgan fingerprint density at radius 2 is 1.64 bits per heavy atom. The maximum Gasteiger partial charge on any atom is 0.123 e. The summed E-state index contributed by atoms with van der Waals surface area (Å²) in [7, 11) is 5.05. The maximum absolute atomic E-state index is 8.59. The minimum atomic E-state index is -0.681. The number of hydrogen-bond acceptors (Lipinski definition) is 3.